The molecule has 0 spiro atoms. The van der Waals surface area contributed by atoms with Crippen molar-refractivity contribution in [2.24, 2.45) is 0 Å². The second-order valence-corrected chi connectivity index (χ2v) is 12.1. The first kappa shape index (κ1) is 27.9. The minimum Gasteiger partial charge on any atom is -0.455 e. The Bertz CT molecular complexity index is 2520. The maximum atomic E-state index is 6.71. The van der Waals surface area contributed by atoms with Crippen molar-refractivity contribution in [3.63, 3.8) is 0 Å². The van der Waals surface area contributed by atoms with Crippen molar-refractivity contribution in [1.29, 1.82) is 0 Å². The van der Waals surface area contributed by atoms with Gasteiger partial charge in [-0.1, -0.05) is 158 Å². The molecule has 0 aliphatic carbocycles. The summed E-state index contributed by atoms with van der Waals surface area (Å²) in [6.45, 7) is 0. The van der Waals surface area contributed by atoms with E-state index in [0.717, 1.165) is 55.3 Å². The summed E-state index contributed by atoms with van der Waals surface area (Å²) in [6, 6.07) is 66.8. The molecule has 0 fully saturated rings. The zero-order valence-corrected chi connectivity index (χ0v) is 26.3. The summed E-state index contributed by atoms with van der Waals surface area (Å²) < 4.78 is 6.71. The van der Waals surface area contributed by atoms with Crippen LogP contribution in [0.5, 0.6) is 0 Å². The normalized spacial score (nSPS) is 11.3. The fourth-order valence-corrected chi connectivity index (χ4v) is 7.02. The van der Waals surface area contributed by atoms with Crippen molar-refractivity contribution >= 4 is 49.8 Å². The molecule has 0 aliphatic heterocycles. The summed E-state index contributed by atoms with van der Waals surface area (Å²) in [5, 5.41) is 4.46. The molecule has 0 radical (unpaired) electrons. The Balaban J connectivity index is 1.29. The van der Waals surface area contributed by atoms with E-state index in [-0.39, 0.29) is 0 Å². The lowest BCUT2D eigenvalue weighted by Gasteiger charge is -2.30. The van der Waals surface area contributed by atoms with Crippen LogP contribution >= 0.6 is 0 Å². The van der Waals surface area contributed by atoms with Gasteiger partial charge in [0.05, 0.1) is 11.1 Å². The van der Waals surface area contributed by atoms with Gasteiger partial charge in [-0.15, -0.1) is 0 Å². The Morgan fingerprint density at radius 1 is 0.333 bits per heavy atom. The van der Waals surface area contributed by atoms with Gasteiger partial charge in [-0.2, -0.15) is 0 Å². The van der Waals surface area contributed by atoms with Crippen LogP contribution < -0.4 is 4.90 Å². The fraction of sp³-hybridized carbons (Fsp3) is 0. The highest BCUT2D eigenvalue weighted by molar-refractivity contribution is 6.27. The maximum Gasteiger partial charge on any atom is 0.145 e. The van der Waals surface area contributed by atoms with Crippen LogP contribution in [0.3, 0.4) is 0 Å². The van der Waals surface area contributed by atoms with E-state index in [0.29, 0.717) is 0 Å². The molecule has 0 aliphatic rings. The highest BCUT2D eigenvalue weighted by Crippen LogP contribution is 2.52. The second kappa shape index (κ2) is 11.8. The van der Waals surface area contributed by atoms with Crippen molar-refractivity contribution in [3.05, 3.63) is 188 Å². The number of fused-ring (bicyclic) bond motifs is 5. The van der Waals surface area contributed by atoms with Gasteiger partial charge in [0.2, 0.25) is 0 Å². The summed E-state index contributed by atoms with van der Waals surface area (Å²) in [5.41, 5.74) is 12.2. The van der Waals surface area contributed by atoms with Crippen LogP contribution in [-0.4, -0.2) is 0 Å². The summed E-state index contributed by atoms with van der Waals surface area (Å²) in [7, 11) is 0. The van der Waals surface area contributed by atoms with Crippen molar-refractivity contribution in [2.75, 3.05) is 4.90 Å². The number of furan rings is 1. The molecule has 2 heteroatoms. The highest BCUT2D eigenvalue weighted by Gasteiger charge is 2.26. The zero-order valence-electron chi connectivity index (χ0n) is 26.3. The van der Waals surface area contributed by atoms with E-state index in [1.807, 2.05) is 6.07 Å². The number of para-hydroxylation sites is 2. The number of benzene rings is 8. The molecule has 48 heavy (non-hydrogen) atoms. The second-order valence-electron chi connectivity index (χ2n) is 12.1. The van der Waals surface area contributed by atoms with Gasteiger partial charge in [-0.05, 0) is 63.5 Å². The molecule has 0 saturated carbocycles. The molecule has 1 heterocycles. The molecular formula is C46H31NO. The lowest BCUT2D eigenvalue weighted by atomic mass is 9.91. The predicted octanol–water partition coefficient (Wildman–Crippen LogP) is 13.2. The molecule has 9 rings (SSSR count). The Kier molecular flexibility index (Phi) is 6.84. The highest BCUT2D eigenvalue weighted by atomic mass is 16.3. The summed E-state index contributed by atoms with van der Waals surface area (Å²) >= 11 is 0. The standard InChI is InChI=1S/C46H31NO/c1-4-14-32(15-5-1)33-24-26-34(27-25-33)35-28-30-38(31-29-35)47(37-18-8-3-9-19-37)45-43(36-16-6-2-7-17-36)39-20-10-11-21-40(39)46-44(45)41-22-12-13-23-42(41)48-46/h1-31H. The maximum absolute atomic E-state index is 6.71. The summed E-state index contributed by atoms with van der Waals surface area (Å²) in [5.74, 6) is 0. The van der Waals surface area contributed by atoms with Crippen LogP contribution in [0.25, 0.3) is 66.1 Å². The molecule has 0 saturated heterocycles. The smallest absolute Gasteiger partial charge is 0.145 e. The lowest BCUT2D eigenvalue weighted by molar-refractivity contribution is 0.672. The number of hydrogen-bond acceptors (Lipinski definition) is 2. The van der Waals surface area contributed by atoms with Crippen LogP contribution in [0.4, 0.5) is 17.1 Å². The van der Waals surface area contributed by atoms with Gasteiger partial charge in [-0.3, -0.25) is 0 Å². The molecule has 0 N–H and O–H groups in total. The van der Waals surface area contributed by atoms with E-state index >= 15 is 0 Å². The van der Waals surface area contributed by atoms with E-state index in [1.54, 1.807) is 0 Å². The summed E-state index contributed by atoms with van der Waals surface area (Å²) in [4.78, 5) is 2.40. The third-order valence-electron chi connectivity index (χ3n) is 9.26. The zero-order chi connectivity index (χ0) is 31.9. The van der Waals surface area contributed by atoms with E-state index < -0.39 is 0 Å². The van der Waals surface area contributed by atoms with Gasteiger partial charge in [-0.25, -0.2) is 0 Å². The number of nitrogens with zero attached hydrogens (tertiary/aromatic N) is 1. The molecule has 2 nitrogen and oxygen atoms in total. The predicted molar refractivity (Wildman–Crippen MR) is 202 cm³/mol. The van der Waals surface area contributed by atoms with E-state index in [2.05, 4.69) is 187 Å². The van der Waals surface area contributed by atoms with Crippen molar-refractivity contribution in [2.45, 2.75) is 0 Å². The number of anilines is 3. The first-order valence-corrected chi connectivity index (χ1v) is 16.4. The molecule has 0 amide bonds. The SMILES string of the molecule is c1ccc(-c2ccc(-c3ccc(N(c4ccccc4)c4c(-c5ccccc5)c5ccccc5c5oc6ccccc6c45)cc3)cc2)cc1. The molecule has 226 valence electrons. The van der Waals surface area contributed by atoms with Crippen LogP contribution in [-0.2, 0) is 0 Å². The van der Waals surface area contributed by atoms with E-state index in [1.165, 1.54) is 27.8 Å². The lowest BCUT2D eigenvalue weighted by Crippen LogP contribution is -2.12. The van der Waals surface area contributed by atoms with Crippen LogP contribution in [0.15, 0.2) is 192 Å². The Morgan fingerprint density at radius 2 is 0.771 bits per heavy atom. The van der Waals surface area contributed by atoms with E-state index in [4.69, 9.17) is 4.42 Å². The third kappa shape index (κ3) is 4.74. The van der Waals surface area contributed by atoms with Crippen molar-refractivity contribution in [1.82, 2.24) is 0 Å². The van der Waals surface area contributed by atoms with Gasteiger partial charge < -0.3 is 9.32 Å². The minimum atomic E-state index is 0.881. The Labute approximate surface area is 279 Å². The largest absolute Gasteiger partial charge is 0.455 e. The molecule has 0 unspecified atom stereocenters. The Hall–Kier alpha value is -6.38. The molecule has 1 aromatic heterocycles. The number of hydrogen-bond donors (Lipinski definition) is 0. The summed E-state index contributed by atoms with van der Waals surface area (Å²) in [6.07, 6.45) is 0. The quantitative estimate of drug-likeness (QED) is 0.185. The monoisotopic (exact) mass is 613 g/mol. The van der Waals surface area contributed by atoms with Gasteiger partial charge in [0.25, 0.3) is 0 Å². The molecule has 9 aromatic rings. The topological polar surface area (TPSA) is 16.4 Å². The van der Waals surface area contributed by atoms with Crippen molar-refractivity contribution in [3.8, 4) is 33.4 Å². The van der Waals surface area contributed by atoms with Crippen LogP contribution in [0.2, 0.25) is 0 Å². The van der Waals surface area contributed by atoms with Crippen LogP contribution in [0.1, 0.15) is 0 Å². The van der Waals surface area contributed by atoms with Gasteiger partial charge >= 0.3 is 0 Å². The number of rotatable bonds is 6. The van der Waals surface area contributed by atoms with Gasteiger partial charge in [0, 0.05) is 27.7 Å². The first-order chi connectivity index (χ1) is 23.8. The van der Waals surface area contributed by atoms with Gasteiger partial charge in [0.15, 0.2) is 0 Å². The van der Waals surface area contributed by atoms with E-state index in [9.17, 15) is 0 Å². The molecule has 0 bridgehead atoms. The Morgan fingerprint density at radius 3 is 1.40 bits per heavy atom. The fourth-order valence-electron chi connectivity index (χ4n) is 7.02. The minimum absolute atomic E-state index is 0.881. The van der Waals surface area contributed by atoms with Gasteiger partial charge in [0.1, 0.15) is 11.2 Å². The molecule has 8 aromatic carbocycles. The molecular weight excluding hydrogens is 583 g/mol. The molecule has 0 atom stereocenters. The average molecular weight is 614 g/mol. The average Bonchev–Trinajstić information content (AvgIpc) is 3.56. The first-order valence-electron chi connectivity index (χ1n) is 16.4. The third-order valence-corrected chi connectivity index (χ3v) is 9.26. The van der Waals surface area contributed by atoms with Crippen molar-refractivity contribution < 1.29 is 4.42 Å². The van der Waals surface area contributed by atoms with Crippen LogP contribution in [0, 0.1) is 0 Å².